The summed E-state index contributed by atoms with van der Waals surface area (Å²) in [5.41, 5.74) is 6.89. The van der Waals surface area contributed by atoms with Gasteiger partial charge in [0.15, 0.2) is 0 Å². The third-order valence-electron chi connectivity index (χ3n) is 2.70. The van der Waals surface area contributed by atoms with Crippen molar-refractivity contribution in [1.29, 1.82) is 0 Å². The molecule has 1 aliphatic rings. The number of halogens is 1. The van der Waals surface area contributed by atoms with Gasteiger partial charge in [-0.3, -0.25) is 0 Å². The number of hydrogen-bond donors (Lipinski definition) is 2. The van der Waals surface area contributed by atoms with E-state index in [0.29, 0.717) is 5.92 Å². The second-order valence-electron chi connectivity index (χ2n) is 3.91. The summed E-state index contributed by atoms with van der Waals surface area (Å²) in [6.07, 6.45) is 0.941. The fraction of sp³-hybridized carbons (Fsp3) is 0.455. The summed E-state index contributed by atoms with van der Waals surface area (Å²) in [7, 11) is 0. The second-order valence-corrected chi connectivity index (χ2v) is 3.91. The minimum absolute atomic E-state index is 0.165. The second kappa shape index (κ2) is 4.07. The summed E-state index contributed by atoms with van der Waals surface area (Å²) >= 11 is 0. The summed E-state index contributed by atoms with van der Waals surface area (Å²) in [6, 6.07) is 6.99. The van der Waals surface area contributed by atoms with Crippen molar-refractivity contribution >= 4 is 0 Å². The van der Waals surface area contributed by atoms with Crippen LogP contribution in [0, 0.1) is 5.82 Å². The van der Waals surface area contributed by atoms with Crippen molar-refractivity contribution in [2.75, 3.05) is 13.1 Å². The van der Waals surface area contributed by atoms with Crippen molar-refractivity contribution in [3.63, 3.8) is 0 Å². The lowest BCUT2D eigenvalue weighted by Crippen LogP contribution is -2.43. The molecule has 0 spiro atoms. The van der Waals surface area contributed by atoms with E-state index in [1.54, 1.807) is 12.1 Å². The highest BCUT2D eigenvalue weighted by Crippen LogP contribution is 2.22. The quantitative estimate of drug-likeness (QED) is 0.705. The Morgan fingerprint density at radius 3 is 2.93 bits per heavy atom. The molecule has 1 aliphatic heterocycles. The fourth-order valence-electron chi connectivity index (χ4n) is 1.99. The summed E-state index contributed by atoms with van der Waals surface area (Å²) in [5, 5.41) is 3.26. The maximum atomic E-state index is 13.0. The zero-order chi connectivity index (χ0) is 9.97. The molecule has 76 valence electrons. The molecule has 2 unspecified atom stereocenters. The molecule has 3 heteroatoms. The highest BCUT2D eigenvalue weighted by atomic mass is 19.1. The molecule has 14 heavy (non-hydrogen) atoms. The van der Waals surface area contributed by atoms with Crippen LogP contribution in [0.2, 0.25) is 0 Å². The Bertz CT molecular complexity index is 314. The first-order chi connectivity index (χ1) is 6.75. The standard InChI is InChI=1S/C11H15FN2/c12-10-3-1-2-8(4-10)9-5-11(13)7-14-6-9/h1-4,9,11,14H,5-7,13H2. The molecule has 1 saturated heterocycles. The van der Waals surface area contributed by atoms with Crippen LogP contribution in [0.4, 0.5) is 4.39 Å². The van der Waals surface area contributed by atoms with Crippen LogP contribution < -0.4 is 11.1 Å². The van der Waals surface area contributed by atoms with E-state index in [1.807, 2.05) is 6.07 Å². The van der Waals surface area contributed by atoms with Gasteiger partial charge in [-0.2, -0.15) is 0 Å². The van der Waals surface area contributed by atoms with Gasteiger partial charge in [0.05, 0.1) is 0 Å². The van der Waals surface area contributed by atoms with E-state index in [1.165, 1.54) is 6.07 Å². The highest BCUT2D eigenvalue weighted by molar-refractivity contribution is 5.22. The third-order valence-corrected chi connectivity index (χ3v) is 2.70. The van der Waals surface area contributed by atoms with E-state index in [4.69, 9.17) is 5.73 Å². The number of rotatable bonds is 1. The number of piperidine rings is 1. The monoisotopic (exact) mass is 194 g/mol. The summed E-state index contributed by atoms with van der Waals surface area (Å²) in [6.45, 7) is 1.77. The molecule has 1 aromatic carbocycles. The Hall–Kier alpha value is -0.930. The van der Waals surface area contributed by atoms with Crippen LogP contribution in [0.5, 0.6) is 0 Å². The maximum absolute atomic E-state index is 13.0. The molecule has 0 amide bonds. The summed E-state index contributed by atoms with van der Waals surface area (Å²) in [4.78, 5) is 0. The van der Waals surface area contributed by atoms with Crippen molar-refractivity contribution in [1.82, 2.24) is 5.32 Å². The Labute approximate surface area is 83.3 Å². The van der Waals surface area contributed by atoms with Crippen LogP contribution >= 0.6 is 0 Å². The molecule has 2 rings (SSSR count). The first kappa shape index (κ1) is 9.62. The molecule has 0 aliphatic carbocycles. The van der Waals surface area contributed by atoms with Gasteiger partial charge in [-0.1, -0.05) is 12.1 Å². The minimum Gasteiger partial charge on any atom is -0.327 e. The first-order valence-corrected chi connectivity index (χ1v) is 4.97. The van der Waals surface area contributed by atoms with Crippen LogP contribution in [-0.4, -0.2) is 19.1 Å². The smallest absolute Gasteiger partial charge is 0.123 e. The molecule has 1 heterocycles. The van der Waals surface area contributed by atoms with E-state index < -0.39 is 0 Å². The van der Waals surface area contributed by atoms with Crippen LogP contribution in [0.25, 0.3) is 0 Å². The predicted octanol–water partition coefficient (Wildman–Crippen LogP) is 1.23. The lowest BCUT2D eigenvalue weighted by molar-refractivity contribution is 0.411. The van der Waals surface area contributed by atoms with E-state index in [-0.39, 0.29) is 11.9 Å². The molecule has 2 nitrogen and oxygen atoms in total. The zero-order valence-corrected chi connectivity index (χ0v) is 8.04. The van der Waals surface area contributed by atoms with E-state index in [0.717, 1.165) is 25.1 Å². The largest absolute Gasteiger partial charge is 0.327 e. The highest BCUT2D eigenvalue weighted by Gasteiger charge is 2.20. The molecule has 1 aromatic rings. The third kappa shape index (κ3) is 2.11. The Balaban J connectivity index is 2.14. The number of hydrogen-bond acceptors (Lipinski definition) is 2. The van der Waals surface area contributed by atoms with Gasteiger partial charge in [-0.05, 0) is 30.0 Å². The van der Waals surface area contributed by atoms with Crippen molar-refractivity contribution in [2.24, 2.45) is 5.73 Å². The molecular weight excluding hydrogens is 179 g/mol. The lowest BCUT2D eigenvalue weighted by atomic mass is 9.89. The number of nitrogens with one attached hydrogen (secondary N) is 1. The Kier molecular flexibility index (Phi) is 2.79. The van der Waals surface area contributed by atoms with Gasteiger partial charge < -0.3 is 11.1 Å². The van der Waals surface area contributed by atoms with Gasteiger partial charge in [0.25, 0.3) is 0 Å². The molecule has 0 aromatic heterocycles. The van der Waals surface area contributed by atoms with Crippen LogP contribution in [0.1, 0.15) is 17.9 Å². The molecule has 3 N–H and O–H groups in total. The van der Waals surface area contributed by atoms with Crippen molar-refractivity contribution < 1.29 is 4.39 Å². The topological polar surface area (TPSA) is 38.0 Å². The minimum atomic E-state index is -0.165. The summed E-state index contributed by atoms with van der Waals surface area (Å²) < 4.78 is 13.0. The van der Waals surface area contributed by atoms with E-state index >= 15 is 0 Å². The average molecular weight is 194 g/mol. The molecular formula is C11H15FN2. The SMILES string of the molecule is NC1CNCC(c2cccc(F)c2)C1. The molecule has 0 bridgehead atoms. The van der Waals surface area contributed by atoms with Crippen molar-refractivity contribution in [3.05, 3.63) is 35.6 Å². The van der Waals surface area contributed by atoms with Crippen LogP contribution in [0.3, 0.4) is 0 Å². The van der Waals surface area contributed by atoms with Gasteiger partial charge >= 0.3 is 0 Å². The van der Waals surface area contributed by atoms with Gasteiger partial charge in [0.2, 0.25) is 0 Å². The zero-order valence-electron chi connectivity index (χ0n) is 8.04. The number of benzene rings is 1. The molecule has 2 atom stereocenters. The lowest BCUT2D eigenvalue weighted by Gasteiger charge is -2.27. The van der Waals surface area contributed by atoms with E-state index in [9.17, 15) is 4.39 Å². The van der Waals surface area contributed by atoms with Crippen molar-refractivity contribution in [3.8, 4) is 0 Å². The average Bonchev–Trinajstić information content (AvgIpc) is 2.18. The van der Waals surface area contributed by atoms with Crippen molar-refractivity contribution in [2.45, 2.75) is 18.4 Å². The Morgan fingerprint density at radius 2 is 2.21 bits per heavy atom. The Morgan fingerprint density at radius 1 is 1.36 bits per heavy atom. The van der Waals surface area contributed by atoms with Gasteiger partial charge in [0, 0.05) is 19.1 Å². The van der Waals surface area contributed by atoms with E-state index in [2.05, 4.69) is 5.32 Å². The van der Waals surface area contributed by atoms with Crippen LogP contribution in [0.15, 0.2) is 24.3 Å². The normalized spacial score (nSPS) is 27.6. The summed E-state index contributed by atoms with van der Waals surface area (Å²) in [5.74, 6) is 0.191. The van der Waals surface area contributed by atoms with Gasteiger partial charge in [-0.15, -0.1) is 0 Å². The maximum Gasteiger partial charge on any atom is 0.123 e. The number of nitrogens with two attached hydrogens (primary N) is 1. The first-order valence-electron chi connectivity index (χ1n) is 4.97. The van der Waals surface area contributed by atoms with Gasteiger partial charge in [-0.25, -0.2) is 4.39 Å². The van der Waals surface area contributed by atoms with Gasteiger partial charge in [0.1, 0.15) is 5.82 Å². The molecule has 1 fully saturated rings. The predicted molar refractivity (Wildman–Crippen MR) is 54.6 cm³/mol. The fourth-order valence-corrected chi connectivity index (χ4v) is 1.99. The molecule has 0 saturated carbocycles. The molecule has 0 radical (unpaired) electrons. The van der Waals surface area contributed by atoms with Crippen LogP contribution in [-0.2, 0) is 0 Å².